The first-order chi connectivity index (χ1) is 11.4. The number of nitrogens with one attached hydrogen (secondary N) is 1. The Morgan fingerprint density at radius 3 is 2.58 bits per heavy atom. The normalized spacial score (nSPS) is 12.0. The zero-order valence-electron chi connectivity index (χ0n) is 13.3. The number of hydrogen-bond donors (Lipinski definition) is 1. The van der Waals surface area contributed by atoms with Gasteiger partial charge in [0.05, 0.1) is 0 Å². The molecule has 24 heavy (non-hydrogen) atoms. The van der Waals surface area contributed by atoms with Gasteiger partial charge in [0, 0.05) is 12.3 Å². The Hall–Kier alpha value is -2.55. The third-order valence-corrected chi connectivity index (χ3v) is 4.68. The van der Waals surface area contributed by atoms with Gasteiger partial charge in [-0.1, -0.05) is 49.3 Å². The number of sulfone groups is 1. The number of rotatable bonds is 6. The van der Waals surface area contributed by atoms with Gasteiger partial charge in [-0.2, -0.15) is 4.98 Å². The van der Waals surface area contributed by atoms with Gasteiger partial charge in [-0.3, -0.25) is 5.10 Å². The summed E-state index contributed by atoms with van der Waals surface area (Å²) in [6, 6.07) is 9.60. The van der Waals surface area contributed by atoms with E-state index in [1.165, 1.54) is 0 Å². The molecule has 0 aliphatic rings. The van der Waals surface area contributed by atoms with E-state index in [-0.39, 0.29) is 16.9 Å². The standard InChI is InChI=1S/C15H17N5O3S/c1-10(2)14-16-13(20-23-14)9-24(21,22)15-17-12(18-19-15)8-11-6-4-3-5-7-11/h3-7,10H,8-9H2,1-2H3,(H,17,18,19). The van der Waals surface area contributed by atoms with Gasteiger partial charge in [0.1, 0.15) is 11.6 Å². The van der Waals surface area contributed by atoms with E-state index >= 15 is 0 Å². The maximum absolute atomic E-state index is 12.4. The number of aromatic nitrogens is 5. The average molecular weight is 347 g/mol. The largest absolute Gasteiger partial charge is 0.339 e. The van der Waals surface area contributed by atoms with E-state index in [9.17, 15) is 8.42 Å². The minimum absolute atomic E-state index is 0.0370. The van der Waals surface area contributed by atoms with Gasteiger partial charge in [-0.15, -0.1) is 5.10 Å². The molecule has 0 bridgehead atoms. The summed E-state index contributed by atoms with van der Waals surface area (Å²) < 4.78 is 29.8. The van der Waals surface area contributed by atoms with Crippen LogP contribution in [0.25, 0.3) is 0 Å². The highest BCUT2D eigenvalue weighted by Crippen LogP contribution is 2.15. The molecular formula is C15H17N5O3S. The van der Waals surface area contributed by atoms with E-state index in [0.29, 0.717) is 18.1 Å². The Balaban J connectivity index is 1.75. The lowest BCUT2D eigenvalue weighted by Gasteiger charge is -1.96. The Labute approximate surface area is 139 Å². The van der Waals surface area contributed by atoms with Crippen molar-refractivity contribution in [3.05, 3.63) is 53.4 Å². The highest BCUT2D eigenvalue weighted by Gasteiger charge is 2.24. The first-order valence-corrected chi connectivity index (χ1v) is 9.10. The van der Waals surface area contributed by atoms with Gasteiger partial charge in [-0.25, -0.2) is 13.4 Å². The monoisotopic (exact) mass is 347 g/mol. The van der Waals surface area contributed by atoms with Gasteiger partial charge in [0.2, 0.25) is 15.7 Å². The predicted molar refractivity (Wildman–Crippen MR) is 84.9 cm³/mol. The highest BCUT2D eigenvalue weighted by molar-refractivity contribution is 7.90. The van der Waals surface area contributed by atoms with Crippen molar-refractivity contribution in [2.45, 2.75) is 37.1 Å². The van der Waals surface area contributed by atoms with E-state index < -0.39 is 15.6 Å². The number of aromatic amines is 1. The fraction of sp³-hybridized carbons (Fsp3) is 0.333. The number of H-pyrrole nitrogens is 1. The first-order valence-electron chi connectivity index (χ1n) is 7.44. The van der Waals surface area contributed by atoms with E-state index in [4.69, 9.17) is 4.52 Å². The fourth-order valence-electron chi connectivity index (χ4n) is 2.08. The van der Waals surface area contributed by atoms with E-state index in [2.05, 4.69) is 25.3 Å². The van der Waals surface area contributed by atoms with Crippen LogP contribution in [-0.4, -0.2) is 33.7 Å². The molecule has 1 aromatic carbocycles. The fourth-order valence-corrected chi connectivity index (χ4v) is 3.10. The molecule has 0 amide bonds. The Morgan fingerprint density at radius 2 is 1.92 bits per heavy atom. The highest BCUT2D eigenvalue weighted by atomic mass is 32.2. The minimum atomic E-state index is -3.74. The smallest absolute Gasteiger partial charge is 0.267 e. The second-order valence-corrected chi connectivity index (χ2v) is 7.57. The third-order valence-electron chi connectivity index (χ3n) is 3.30. The predicted octanol–water partition coefficient (Wildman–Crippen LogP) is 1.88. The maximum atomic E-state index is 12.4. The molecule has 0 atom stereocenters. The second-order valence-electron chi connectivity index (χ2n) is 5.69. The quantitative estimate of drug-likeness (QED) is 0.724. The van der Waals surface area contributed by atoms with Gasteiger partial charge >= 0.3 is 0 Å². The lowest BCUT2D eigenvalue weighted by molar-refractivity contribution is 0.361. The second kappa shape index (κ2) is 6.52. The summed E-state index contributed by atoms with van der Waals surface area (Å²) in [6.45, 7) is 3.77. The van der Waals surface area contributed by atoms with Crippen molar-refractivity contribution in [1.29, 1.82) is 0 Å². The van der Waals surface area contributed by atoms with Gasteiger partial charge < -0.3 is 4.52 Å². The number of hydrogen-bond acceptors (Lipinski definition) is 7. The topological polar surface area (TPSA) is 115 Å². The average Bonchev–Trinajstić information content (AvgIpc) is 3.18. The summed E-state index contributed by atoms with van der Waals surface area (Å²) in [6.07, 6.45) is 0.475. The molecule has 0 spiro atoms. The molecule has 126 valence electrons. The third kappa shape index (κ3) is 3.67. The lowest BCUT2D eigenvalue weighted by Crippen LogP contribution is -2.08. The molecule has 2 heterocycles. The molecule has 1 N–H and O–H groups in total. The van der Waals surface area contributed by atoms with Crippen molar-refractivity contribution in [2.24, 2.45) is 0 Å². The number of nitrogens with zero attached hydrogens (tertiary/aromatic N) is 4. The number of benzene rings is 1. The van der Waals surface area contributed by atoms with Gasteiger partial charge in [-0.05, 0) is 5.56 Å². The molecule has 3 rings (SSSR count). The molecule has 0 aliphatic heterocycles. The molecule has 0 radical (unpaired) electrons. The molecule has 0 saturated carbocycles. The SMILES string of the molecule is CC(C)c1nc(CS(=O)(=O)c2n[nH]c(Cc3ccccc3)n2)no1. The Kier molecular flexibility index (Phi) is 4.43. The Morgan fingerprint density at radius 1 is 1.17 bits per heavy atom. The molecule has 0 fully saturated rings. The molecular weight excluding hydrogens is 330 g/mol. The minimum Gasteiger partial charge on any atom is -0.339 e. The van der Waals surface area contributed by atoms with Crippen LogP contribution in [-0.2, 0) is 22.0 Å². The summed E-state index contributed by atoms with van der Waals surface area (Å²) in [4.78, 5) is 8.15. The van der Waals surface area contributed by atoms with Crippen molar-refractivity contribution in [3.8, 4) is 0 Å². The van der Waals surface area contributed by atoms with Crippen LogP contribution in [0.4, 0.5) is 0 Å². The van der Waals surface area contributed by atoms with Crippen molar-refractivity contribution in [2.75, 3.05) is 0 Å². The zero-order valence-corrected chi connectivity index (χ0v) is 14.1. The van der Waals surface area contributed by atoms with Crippen molar-refractivity contribution < 1.29 is 12.9 Å². The molecule has 0 unspecified atom stereocenters. The lowest BCUT2D eigenvalue weighted by atomic mass is 10.1. The first kappa shape index (κ1) is 16.3. The van der Waals surface area contributed by atoms with Crippen molar-refractivity contribution in [1.82, 2.24) is 25.3 Å². The van der Waals surface area contributed by atoms with Crippen LogP contribution >= 0.6 is 0 Å². The molecule has 2 aromatic heterocycles. The van der Waals surface area contributed by atoms with Gasteiger partial charge in [0.15, 0.2) is 5.82 Å². The molecule has 8 nitrogen and oxygen atoms in total. The zero-order chi connectivity index (χ0) is 17.2. The maximum Gasteiger partial charge on any atom is 0.267 e. The van der Waals surface area contributed by atoms with Crippen LogP contribution in [0.5, 0.6) is 0 Å². The Bertz CT molecular complexity index is 916. The van der Waals surface area contributed by atoms with Crippen LogP contribution in [0.3, 0.4) is 0 Å². The summed E-state index contributed by atoms with van der Waals surface area (Å²) in [7, 11) is -3.74. The summed E-state index contributed by atoms with van der Waals surface area (Å²) in [5.41, 5.74) is 1.01. The van der Waals surface area contributed by atoms with Crippen molar-refractivity contribution in [3.63, 3.8) is 0 Å². The van der Waals surface area contributed by atoms with Crippen LogP contribution in [0, 0.1) is 0 Å². The van der Waals surface area contributed by atoms with E-state index in [0.717, 1.165) is 5.56 Å². The summed E-state index contributed by atoms with van der Waals surface area (Å²) in [5.74, 6) is 0.630. The molecule has 0 saturated heterocycles. The molecule has 3 aromatic rings. The van der Waals surface area contributed by atoms with E-state index in [1.54, 1.807) is 0 Å². The van der Waals surface area contributed by atoms with Crippen LogP contribution in [0.15, 0.2) is 40.0 Å². The van der Waals surface area contributed by atoms with E-state index in [1.807, 2.05) is 44.2 Å². The molecule has 9 heteroatoms. The van der Waals surface area contributed by atoms with Crippen molar-refractivity contribution >= 4 is 9.84 Å². The van der Waals surface area contributed by atoms with Crippen LogP contribution in [0.1, 0.15) is 42.9 Å². The summed E-state index contributed by atoms with van der Waals surface area (Å²) in [5, 5.41) is 9.91. The van der Waals surface area contributed by atoms with Crippen LogP contribution < -0.4 is 0 Å². The molecule has 0 aliphatic carbocycles. The van der Waals surface area contributed by atoms with Gasteiger partial charge in [0.25, 0.3) is 5.16 Å². The summed E-state index contributed by atoms with van der Waals surface area (Å²) >= 11 is 0. The van der Waals surface area contributed by atoms with Crippen LogP contribution in [0.2, 0.25) is 0 Å².